The maximum absolute atomic E-state index is 11.1. The molecule has 0 aliphatic rings. The Morgan fingerprint density at radius 1 is 1.56 bits per heavy atom. The lowest BCUT2D eigenvalue weighted by molar-refractivity contribution is -0.124. The molecule has 0 aromatic heterocycles. The van der Waals surface area contributed by atoms with Crippen molar-refractivity contribution >= 4 is 13.5 Å². The second-order valence-electron chi connectivity index (χ2n) is 3.76. The van der Waals surface area contributed by atoms with Crippen molar-refractivity contribution in [2.45, 2.75) is 31.8 Å². The van der Waals surface area contributed by atoms with Crippen LogP contribution < -0.4 is 0 Å². The van der Waals surface area contributed by atoms with E-state index in [1.807, 2.05) is 0 Å². The molecule has 0 radical (unpaired) electrons. The van der Waals surface area contributed by atoms with Crippen LogP contribution in [0.1, 0.15) is 26.2 Å². The lowest BCUT2D eigenvalue weighted by Gasteiger charge is -2.19. The maximum atomic E-state index is 11.1. The van der Waals surface area contributed by atoms with Crippen LogP contribution in [0.5, 0.6) is 0 Å². The molecule has 0 fully saturated rings. The van der Waals surface area contributed by atoms with Gasteiger partial charge in [-0.15, -0.1) is 0 Å². The summed E-state index contributed by atoms with van der Waals surface area (Å²) in [6.45, 7) is 5.60. The molecule has 0 saturated heterocycles. The fourth-order valence-electron chi connectivity index (χ4n) is 1.44. The second-order valence-corrected chi connectivity index (χ2v) is 5.67. The van der Waals surface area contributed by atoms with Crippen LogP contribution in [0.25, 0.3) is 0 Å². The fraction of sp³-hybridized carbons (Fsp3) is 0.700. The molecule has 1 amide bonds. The third-order valence-electron chi connectivity index (χ3n) is 2.53. The number of hydrogen-bond donors (Lipinski definition) is 2. The van der Waals surface area contributed by atoms with Crippen molar-refractivity contribution in [2.24, 2.45) is 0 Å². The van der Waals surface area contributed by atoms with E-state index >= 15 is 0 Å². The van der Waals surface area contributed by atoms with Crippen LogP contribution in [-0.4, -0.2) is 39.8 Å². The van der Waals surface area contributed by atoms with Gasteiger partial charge in [0.15, 0.2) is 0 Å². The Morgan fingerprint density at radius 2 is 2.12 bits per heavy atom. The average molecular weight is 249 g/mol. The van der Waals surface area contributed by atoms with Crippen LogP contribution in [0.3, 0.4) is 0 Å². The number of hydrogen-bond acceptors (Lipinski definition) is 2. The molecule has 6 heteroatoms. The van der Waals surface area contributed by atoms with E-state index in [0.29, 0.717) is 25.8 Å². The zero-order chi connectivity index (χ0) is 12.8. The highest BCUT2D eigenvalue weighted by molar-refractivity contribution is 7.52. The van der Waals surface area contributed by atoms with Gasteiger partial charge in [0, 0.05) is 13.6 Å². The lowest BCUT2D eigenvalue weighted by atomic mass is 10.2. The summed E-state index contributed by atoms with van der Waals surface area (Å²) >= 11 is 0. The normalized spacial score (nSPS) is 13.2. The Balaban J connectivity index is 4.02. The Bertz CT molecular complexity index is 287. The molecule has 94 valence electrons. The van der Waals surface area contributed by atoms with Crippen molar-refractivity contribution in [1.29, 1.82) is 0 Å². The lowest BCUT2D eigenvalue weighted by Crippen LogP contribution is -2.26. The van der Waals surface area contributed by atoms with Gasteiger partial charge in [-0.25, -0.2) is 0 Å². The average Bonchev–Trinajstić information content (AvgIpc) is 2.20. The molecule has 0 rings (SSSR count). The summed E-state index contributed by atoms with van der Waals surface area (Å²) in [6.07, 6.45) is 2.68. The van der Waals surface area contributed by atoms with Crippen LogP contribution in [-0.2, 0) is 9.36 Å². The Labute approximate surface area is 96.3 Å². The molecule has 0 heterocycles. The molecule has 0 saturated carbocycles. The van der Waals surface area contributed by atoms with Gasteiger partial charge in [0.05, 0.1) is 5.66 Å². The molecule has 0 aliphatic carbocycles. The zero-order valence-corrected chi connectivity index (χ0v) is 10.7. The highest BCUT2D eigenvalue weighted by atomic mass is 31.2. The smallest absolute Gasteiger partial charge is 0.328 e. The first-order valence-corrected chi connectivity index (χ1v) is 6.93. The van der Waals surface area contributed by atoms with Crippen molar-refractivity contribution in [3.63, 3.8) is 0 Å². The molecule has 1 unspecified atom stereocenters. The summed E-state index contributed by atoms with van der Waals surface area (Å²) in [5.74, 6) is -0.177. The van der Waals surface area contributed by atoms with Gasteiger partial charge in [-0.3, -0.25) is 9.36 Å². The SMILES string of the molecule is C=CC(=O)N(C)CCCC(CC)P(=O)(O)O. The molecule has 0 bridgehead atoms. The van der Waals surface area contributed by atoms with Gasteiger partial charge in [0.1, 0.15) is 0 Å². The topological polar surface area (TPSA) is 77.8 Å². The van der Waals surface area contributed by atoms with Gasteiger partial charge in [-0.05, 0) is 25.3 Å². The van der Waals surface area contributed by atoms with Gasteiger partial charge < -0.3 is 14.7 Å². The number of rotatable bonds is 7. The van der Waals surface area contributed by atoms with E-state index < -0.39 is 13.3 Å². The van der Waals surface area contributed by atoms with Crippen molar-refractivity contribution < 1.29 is 19.1 Å². The van der Waals surface area contributed by atoms with E-state index in [-0.39, 0.29) is 5.91 Å². The molecule has 2 N–H and O–H groups in total. The summed E-state index contributed by atoms with van der Waals surface area (Å²) in [5.41, 5.74) is -0.597. The highest BCUT2D eigenvalue weighted by Gasteiger charge is 2.26. The third kappa shape index (κ3) is 5.45. The standard InChI is InChI=1S/C10H20NO4P/c1-4-9(16(13,14)15)7-6-8-11(3)10(12)5-2/h5,9H,2,4,6-8H2,1,3H3,(H2,13,14,15). The fourth-order valence-corrected chi connectivity index (χ4v) is 2.43. The monoisotopic (exact) mass is 249 g/mol. The third-order valence-corrected chi connectivity index (χ3v) is 4.10. The first-order chi connectivity index (χ1) is 7.32. The summed E-state index contributed by atoms with van der Waals surface area (Å²) in [7, 11) is -2.35. The molecular weight excluding hydrogens is 229 g/mol. The Morgan fingerprint density at radius 3 is 2.50 bits per heavy atom. The van der Waals surface area contributed by atoms with E-state index in [9.17, 15) is 9.36 Å². The van der Waals surface area contributed by atoms with E-state index in [0.717, 1.165) is 0 Å². The highest BCUT2D eigenvalue weighted by Crippen LogP contribution is 2.44. The number of carbonyl (C=O) groups is 1. The van der Waals surface area contributed by atoms with Crippen LogP contribution in [0.15, 0.2) is 12.7 Å². The van der Waals surface area contributed by atoms with Gasteiger partial charge in [0.25, 0.3) is 0 Å². The van der Waals surface area contributed by atoms with E-state index in [1.165, 1.54) is 11.0 Å². The van der Waals surface area contributed by atoms with E-state index in [1.54, 1.807) is 14.0 Å². The van der Waals surface area contributed by atoms with Gasteiger partial charge >= 0.3 is 7.60 Å². The summed E-state index contributed by atoms with van der Waals surface area (Å²) < 4.78 is 11.0. The van der Waals surface area contributed by atoms with E-state index in [2.05, 4.69) is 6.58 Å². The maximum Gasteiger partial charge on any atom is 0.328 e. The van der Waals surface area contributed by atoms with Crippen LogP contribution in [0, 0.1) is 0 Å². The number of nitrogens with zero attached hydrogens (tertiary/aromatic N) is 1. The van der Waals surface area contributed by atoms with Crippen molar-refractivity contribution in [1.82, 2.24) is 4.90 Å². The molecular formula is C10H20NO4P. The predicted octanol–water partition coefficient (Wildman–Crippen LogP) is 1.37. The minimum absolute atomic E-state index is 0.177. The van der Waals surface area contributed by atoms with Crippen molar-refractivity contribution in [3.05, 3.63) is 12.7 Å². The van der Waals surface area contributed by atoms with Gasteiger partial charge in [0.2, 0.25) is 5.91 Å². The zero-order valence-electron chi connectivity index (χ0n) is 9.80. The minimum Gasteiger partial charge on any atom is -0.342 e. The molecule has 5 nitrogen and oxygen atoms in total. The molecule has 0 spiro atoms. The van der Waals surface area contributed by atoms with Crippen molar-refractivity contribution in [2.75, 3.05) is 13.6 Å². The minimum atomic E-state index is -3.99. The molecule has 0 aromatic rings. The van der Waals surface area contributed by atoms with Crippen LogP contribution in [0.4, 0.5) is 0 Å². The molecule has 0 aromatic carbocycles. The molecule has 0 aliphatic heterocycles. The number of likely N-dealkylation sites (N-methyl/N-ethyl adjacent to an activating group) is 1. The molecule has 16 heavy (non-hydrogen) atoms. The van der Waals surface area contributed by atoms with E-state index in [4.69, 9.17) is 9.79 Å². The Hall–Kier alpha value is -0.640. The van der Waals surface area contributed by atoms with Crippen molar-refractivity contribution in [3.8, 4) is 0 Å². The van der Waals surface area contributed by atoms with Gasteiger partial charge in [-0.2, -0.15) is 0 Å². The first-order valence-electron chi connectivity index (χ1n) is 5.25. The summed E-state index contributed by atoms with van der Waals surface area (Å²) in [4.78, 5) is 30.6. The quantitative estimate of drug-likeness (QED) is 0.527. The van der Waals surface area contributed by atoms with Gasteiger partial charge in [-0.1, -0.05) is 13.5 Å². The second kappa shape index (κ2) is 6.84. The summed E-state index contributed by atoms with van der Waals surface area (Å²) in [5, 5.41) is 0. The Kier molecular flexibility index (Phi) is 6.56. The van der Waals surface area contributed by atoms with Crippen LogP contribution in [0.2, 0.25) is 0 Å². The van der Waals surface area contributed by atoms with Crippen LogP contribution >= 0.6 is 7.60 Å². The predicted molar refractivity (Wildman–Crippen MR) is 63.2 cm³/mol. The molecule has 1 atom stereocenters. The summed E-state index contributed by atoms with van der Waals surface area (Å²) in [6, 6.07) is 0. The number of amides is 1. The first kappa shape index (κ1) is 15.4. The number of carbonyl (C=O) groups excluding carboxylic acids is 1. The largest absolute Gasteiger partial charge is 0.342 e.